The van der Waals surface area contributed by atoms with Crippen molar-refractivity contribution in [2.45, 2.75) is 26.4 Å². The average molecular weight is 367 g/mol. The minimum absolute atomic E-state index is 0.0130. The third-order valence-electron chi connectivity index (χ3n) is 4.26. The molecule has 3 rings (SSSR count). The van der Waals surface area contributed by atoms with Crippen LogP contribution in [0.5, 0.6) is 0 Å². The van der Waals surface area contributed by atoms with Gasteiger partial charge >= 0.3 is 5.01 Å². The SMILES string of the molecule is CC(/C=C/c1ccc(N)cc1)C[n+]1c(C(=O)[C@H](C)N)sc2ccccc21. The Bertz CT molecular complexity index is 942. The second kappa shape index (κ2) is 7.81. The number of para-hydroxylation sites is 1. The third kappa shape index (κ3) is 4.00. The summed E-state index contributed by atoms with van der Waals surface area (Å²) in [6.07, 6.45) is 4.25. The van der Waals surface area contributed by atoms with Crippen LogP contribution in [0, 0.1) is 5.92 Å². The number of anilines is 1. The number of nitrogens with zero attached hydrogens (tertiary/aromatic N) is 1. The highest BCUT2D eigenvalue weighted by atomic mass is 32.1. The molecule has 134 valence electrons. The van der Waals surface area contributed by atoms with Gasteiger partial charge in [-0.2, -0.15) is 4.57 Å². The molecule has 3 aromatic rings. The van der Waals surface area contributed by atoms with E-state index in [4.69, 9.17) is 11.5 Å². The lowest BCUT2D eigenvalue weighted by Crippen LogP contribution is -2.43. The van der Waals surface area contributed by atoms with Gasteiger partial charge in [0.05, 0.1) is 6.04 Å². The fourth-order valence-corrected chi connectivity index (χ4v) is 4.03. The number of hydrogen-bond donors (Lipinski definition) is 2. The van der Waals surface area contributed by atoms with Gasteiger partial charge in [0.2, 0.25) is 5.52 Å². The molecule has 1 unspecified atom stereocenters. The van der Waals surface area contributed by atoms with Crippen molar-refractivity contribution in [1.82, 2.24) is 0 Å². The molecule has 0 aliphatic heterocycles. The highest BCUT2D eigenvalue weighted by molar-refractivity contribution is 7.19. The van der Waals surface area contributed by atoms with Crippen LogP contribution in [0.2, 0.25) is 0 Å². The first-order valence-electron chi connectivity index (χ1n) is 8.70. The second-order valence-corrected chi connectivity index (χ2v) is 7.67. The van der Waals surface area contributed by atoms with Crippen molar-refractivity contribution in [3.05, 3.63) is 65.2 Å². The van der Waals surface area contributed by atoms with Gasteiger partial charge in [-0.25, -0.2) is 0 Å². The van der Waals surface area contributed by atoms with E-state index in [1.807, 2.05) is 42.5 Å². The molecule has 26 heavy (non-hydrogen) atoms. The lowest BCUT2D eigenvalue weighted by atomic mass is 10.1. The number of allylic oxidation sites excluding steroid dienone is 1. The van der Waals surface area contributed by atoms with E-state index >= 15 is 0 Å². The number of benzene rings is 2. The van der Waals surface area contributed by atoms with Crippen LogP contribution in [0.3, 0.4) is 0 Å². The molecule has 5 heteroatoms. The molecule has 4 nitrogen and oxygen atoms in total. The molecule has 4 N–H and O–H groups in total. The van der Waals surface area contributed by atoms with Crippen molar-refractivity contribution in [3.63, 3.8) is 0 Å². The van der Waals surface area contributed by atoms with E-state index in [-0.39, 0.29) is 11.7 Å². The van der Waals surface area contributed by atoms with Crippen LogP contribution in [-0.2, 0) is 6.54 Å². The summed E-state index contributed by atoms with van der Waals surface area (Å²) in [5.74, 6) is 0.246. The molecule has 0 saturated heterocycles. The quantitative estimate of drug-likeness (QED) is 0.397. The third-order valence-corrected chi connectivity index (χ3v) is 5.44. The largest absolute Gasteiger partial charge is 0.399 e. The Morgan fingerprint density at radius 2 is 1.85 bits per heavy atom. The van der Waals surface area contributed by atoms with Crippen LogP contribution < -0.4 is 16.0 Å². The van der Waals surface area contributed by atoms with Gasteiger partial charge in [-0.1, -0.05) is 54.7 Å². The average Bonchev–Trinajstić information content (AvgIpc) is 2.99. The summed E-state index contributed by atoms with van der Waals surface area (Å²) in [6, 6.07) is 15.4. The Balaban J connectivity index is 1.88. The van der Waals surface area contributed by atoms with Crippen LogP contribution in [-0.4, -0.2) is 11.8 Å². The summed E-state index contributed by atoms with van der Waals surface area (Å²) in [4.78, 5) is 12.6. The maximum absolute atomic E-state index is 12.6. The van der Waals surface area contributed by atoms with Crippen molar-refractivity contribution in [2.24, 2.45) is 11.7 Å². The standard InChI is InChI=1S/C21H24N3OS/c1-14(7-8-16-9-11-17(23)12-10-16)13-24-18-5-3-4-6-19(18)26-21(24)20(25)15(2)22/h3-12,14-15H,13,22-23H2,1-2H3/q+1/b8-7+/t14?,15-/m0/s1. The van der Waals surface area contributed by atoms with E-state index in [9.17, 15) is 4.79 Å². The molecule has 0 spiro atoms. The predicted molar refractivity (Wildman–Crippen MR) is 109 cm³/mol. The molecule has 2 atom stereocenters. The van der Waals surface area contributed by atoms with Gasteiger partial charge in [0, 0.05) is 17.7 Å². The Kier molecular flexibility index (Phi) is 5.49. The molecule has 0 bridgehead atoms. The van der Waals surface area contributed by atoms with Gasteiger partial charge in [0.1, 0.15) is 4.70 Å². The molecule has 2 aromatic carbocycles. The minimum Gasteiger partial charge on any atom is -0.399 e. The number of ketones is 1. The van der Waals surface area contributed by atoms with E-state index in [0.717, 1.165) is 28.0 Å². The lowest BCUT2D eigenvalue weighted by molar-refractivity contribution is -0.673. The van der Waals surface area contributed by atoms with E-state index in [1.54, 1.807) is 6.92 Å². The van der Waals surface area contributed by atoms with Crippen LogP contribution in [0.4, 0.5) is 5.69 Å². The van der Waals surface area contributed by atoms with Gasteiger partial charge < -0.3 is 11.5 Å². The van der Waals surface area contributed by atoms with Crippen molar-refractivity contribution in [2.75, 3.05) is 5.73 Å². The van der Waals surface area contributed by atoms with Crippen LogP contribution in [0.15, 0.2) is 54.6 Å². The Labute approximate surface area is 157 Å². The van der Waals surface area contributed by atoms with Gasteiger partial charge in [-0.05, 0) is 30.7 Å². The summed E-state index contributed by atoms with van der Waals surface area (Å²) in [7, 11) is 0. The molecule has 0 radical (unpaired) electrons. The van der Waals surface area contributed by atoms with Crippen molar-refractivity contribution >= 4 is 39.1 Å². The highest BCUT2D eigenvalue weighted by Gasteiger charge is 2.29. The molecule has 0 aliphatic carbocycles. The number of nitrogens with two attached hydrogens (primary N) is 2. The Morgan fingerprint density at radius 1 is 1.15 bits per heavy atom. The van der Waals surface area contributed by atoms with Crippen molar-refractivity contribution < 1.29 is 9.36 Å². The number of Topliss-reactive ketones (excluding diaryl/α,β-unsaturated/α-hetero) is 1. The fraction of sp³-hybridized carbons (Fsp3) is 0.238. The number of carbonyl (C=O) groups is 1. The molecular formula is C21H24N3OS+. The van der Waals surface area contributed by atoms with Crippen molar-refractivity contribution in [1.29, 1.82) is 0 Å². The normalized spacial score (nSPS) is 14.0. The van der Waals surface area contributed by atoms with Crippen molar-refractivity contribution in [3.8, 4) is 0 Å². The smallest absolute Gasteiger partial charge is 0.308 e. The van der Waals surface area contributed by atoms with Crippen LogP contribution in [0.25, 0.3) is 16.3 Å². The lowest BCUT2D eigenvalue weighted by Gasteiger charge is -2.05. The summed E-state index contributed by atoms with van der Waals surface area (Å²) >= 11 is 1.51. The monoisotopic (exact) mass is 366 g/mol. The van der Waals surface area contributed by atoms with Gasteiger partial charge in [0.25, 0.3) is 5.78 Å². The highest BCUT2D eigenvalue weighted by Crippen LogP contribution is 2.22. The molecule has 0 amide bonds. The first-order chi connectivity index (χ1) is 12.5. The van der Waals surface area contributed by atoms with E-state index in [2.05, 4.69) is 29.7 Å². The zero-order chi connectivity index (χ0) is 18.7. The first kappa shape index (κ1) is 18.3. The molecule has 0 fully saturated rings. The number of rotatable bonds is 6. The molecular weight excluding hydrogens is 342 g/mol. The Hall–Kier alpha value is -2.50. The zero-order valence-electron chi connectivity index (χ0n) is 15.1. The summed E-state index contributed by atoms with van der Waals surface area (Å²) in [5.41, 5.74) is 14.5. The number of nitrogen functional groups attached to an aromatic ring is 1. The number of aromatic nitrogens is 1. The zero-order valence-corrected chi connectivity index (χ0v) is 15.9. The fourth-order valence-electron chi connectivity index (χ4n) is 2.83. The number of carbonyl (C=O) groups excluding carboxylic acids is 1. The summed E-state index contributed by atoms with van der Waals surface area (Å²) < 4.78 is 3.20. The topological polar surface area (TPSA) is 73.0 Å². The van der Waals surface area contributed by atoms with Crippen LogP contribution >= 0.6 is 11.3 Å². The number of thiazole rings is 1. The number of fused-ring (bicyclic) bond motifs is 1. The molecule has 1 heterocycles. The number of hydrogen-bond acceptors (Lipinski definition) is 4. The summed E-state index contributed by atoms with van der Waals surface area (Å²) in [5, 5.41) is 0.717. The maximum atomic E-state index is 12.6. The van der Waals surface area contributed by atoms with Gasteiger partial charge in [-0.15, -0.1) is 0 Å². The Morgan fingerprint density at radius 3 is 2.54 bits per heavy atom. The first-order valence-corrected chi connectivity index (χ1v) is 9.52. The van der Waals surface area contributed by atoms with E-state index in [1.165, 1.54) is 11.3 Å². The predicted octanol–water partition coefficient (Wildman–Crippen LogP) is 3.65. The maximum Gasteiger partial charge on any atom is 0.308 e. The van der Waals surface area contributed by atoms with E-state index in [0.29, 0.717) is 5.01 Å². The van der Waals surface area contributed by atoms with Gasteiger partial charge in [0.15, 0.2) is 6.54 Å². The van der Waals surface area contributed by atoms with E-state index < -0.39 is 6.04 Å². The molecule has 0 aliphatic rings. The van der Waals surface area contributed by atoms with Gasteiger partial charge in [-0.3, -0.25) is 4.79 Å². The second-order valence-electron chi connectivity index (χ2n) is 6.64. The molecule has 0 saturated carbocycles. The minimum atomic E-state index is -0.505. The van der Waals surface area contributed by atoms with Crippen LogP contribution in [0.1, 0.15) is 29.2 Å². The molecule has 1 aromatic heterocycles. The summed E-state index contributed by atoms with van der Waals surface area (Å²) in [6.45, 7) is 4.61.